The number of aryl methyl sites for hydroxylation is 2. The highest BCUT2D eigenvalue weighted by Crippen LogP contribution is 2.44. The van der Waals surface area contributed by atoms with Crippen molar-refractivity contribution >= 4 is 16.8 Å². The molecule has 172 valence electrons. The Bertz CT molecular complexity index is 1340. The smallest absolute Gasteiger partial charge is 0.195 e. The zero-order valence-corrected chi connectivity index (χ0v) is 20.1. The number of likely N-dealkylation sites (N-methyl/N-ethyl adjacent to an activating group) is 1. The van der Waals surface area contributed by atoms with Crippen molar-refractivity contribution in [3.05, 3.63) is 83.2 Å². The van der Waals surface area contributed by atoms with E-state index in [2.05, 4.69) is 66.4 Å². The van der Waals surface area contributed by atoms with Crippen LogP contribution < -0.4 is 4.90 Å². The van der Waals surface area contributed by atoms with Gasteiger partial charge in [0.15, 0.2) is 11.5 Å². The van der Waals surface area contributed by atoms with Gasteiger partial charge in [-0.3, -0.25) is 0 Å². The molecule has 0 amide bonds. The monoisotopic (exact) mass is 450 g/mol. The maximum atomic E-state index is 10.1. The minimum atomic E-state index is 0.482. The number of rotatable bonds is 6. The van der Waals surface area contributed by atoms with E-state index in [9.17, 15) is 5.26 Å². The van der Waals surface area contributed by atoms with Crippen molar-refractivity contribution in [2.24, 2.45) is 0 Å². The third-order valence-corrected chi connectivity index (χ3v) is 6.96. The molecule has 1 atom stereocenters. The molecular weight excluding hydrogens is 420 g/mol. The van der Waals surface area contributed by atoms with Crippen molar-refractivity contribution in [1.29, 1.82) is 5.26 Å². The Morgan fingerprint density at radius 2 is 1.76 bits per heavy atom. The molecule has 0 saturated carbocycles. The van der Waals surface area contributed by atoms with Gasteiger partial charge in [0.05, 0.1) is 11.3 Å². The Kier molecular flexibility index (Phi) is 6.08. The van der Waals surface area contributed by atoms with E-state index in [1.165, 1.54) is 5.56 Å². The topological polar surface area (TPSA) is 56.3 Å². The third kappa shape index (κ3) is 4.06. The number of hydrogen-bond donors (Lipinski definition) is 0. The second kappa shape index (κ2) is 9.32. The highest BCUT2D eigenvalue weighted by atomic mass is 16.3. The number of nitrogens with zero attached hydrogens (tertiary/aromatic N) is 4. The predicted octanol–water partition coefficient (Wildman–Crippen LogP) is 5.60. The van der Waals surface area contributed by atoms with Gasteiger partial charge < -0.3 is 14.2 Å². The molecule has 5 nitrogen and oxygen atoms in total. The summed E-state index contributed by atoms with van der Waals surface area (Å²) in [5.41, 5.74) is 7.50. The van der Waals surface area contributed by atoms with E-state index in [1.54, 1.807) is 0 Å². The summed E-state index contributed by atoms with van der Waals surface area (Å²) in [6.07, 6.45) is 2.64. The van der Waals surface area contributed by atoms with Crippen LogP contribution in [-0.4, -0.2) is 43.1 Å². The van der Waals surface area contributed by atoms with Crippen molar-refractivity contribution < 1.29 is 4.42 Å². The quantitative estimate of drug-likeness (QED) is 0.383. The predicted molar refractivity (Wildman–Crippen MR) is 137 cm³/mol. The summed E-state index contributed by atoms with van der Waals surface area (Å²) in [7, 11) is 4.28. The highest BCUT2D eigenvalue weighted by Gasteiger charge is 2.31. The molecule has 0 radical (unpaired) electrons. The van der Waals surface area contributed by atoms with Gasteiger partial charge in [0, 0.05) is 31.1 Å². The van der Waals surface area contributed by atoms with Gasteiger partial charge in [-0.25, -0.2) is 4.98 Å². The molecular formula is C29H30N4O. The van der Waals surface area contributed by atoms with Crippen molar-refractivity contribution in [2.45, 2.75) is 32.2 Å². The van der Waals surface area contributed by atoms with Crippen molar-refractivity contribution in [1.82, 2.24) is 9.88 Å². The normalized spacial score (nSPS) is 15.9. The summed E-state index contributed by atoms with van der Waals surface area (Å²) in [5, 5.41) is 10.1. The Labute approximate surface area is 201 Å². The largest absolute Gasteiger partial charge is 0.438 e. The Hall–Kier alpha value is -3.62. The van der Waals surface area contributed by atoms with Crippen LogP contribution in [0.4, 0.5) is 5.69 Å². The molecule has 5 rings (SSSR count). The fourth-order valence-electron chi connectivity index (χ4n) is 5.05. The summed E-state index contributed by atoms with van der Waals surface area (Å²) in [6, 6.07) is 23.6. The van der Waals surface area contributed by atoms with E-state index in [0.29, 0.717) is 29.4 Å². The lowest BCUT2D eigenvalue weighted by Gasteiger charge is -2.25. The number of hydrogen-bond acceptors (Lipinski definition) is 5. The molecule has 1 saturated heterocycles. The van der Waals surface area contributed by atoms with E-state index in [4.69, 9.17) is 9.40 Å². The van der Waals surface area contributed by atoms with E-state index in [0.717, 1.165) is 53.9 Å². The average molecular weight is 451 g/mol. The van der Waals surface area contributed by atoms with Crippen LogP contribution >= 0.6 is 0 Å². The van der Waals surface area contributed by atoms with Gasteiger partial charge in [0.1, 0.15) is 11.6 Å². The first-order valence-corrected chi connectivity index (χ1v) is 11.9. The summed E-state index contributed by atoms with van der Waals surface area (Å²) < 4.78 is 6.47. The first-order chi connectivity index (χ1) is 16.6. The van der Waals surface area contributed by atoms with Gasteiger partial charge >= 0.3 is 0 Å². The van der Waals surface area contributed by atoms with Crippen LogP contribution in [0.1, 0.15) is 29.0 Å². The van der Waals surface area contributed by atoms with Crippen LogP contribution in [0.15, 0.2) is 65.1 Å². The maximum Gasteiger partial charge on any atom is 0.195 e. The molecule has 0 N–H and O–H groups in total. The fourth-order valence-corrected chi connectivity index (χ4v) is 5.05. The molecule has 0 aliphatic carbocycles. The van der Waals surface area contributed by atoms with Crippen LogP contribution in [-0.2, 0) is 12.8 Å². The minimum Gasteiger partial charge on any atom is -0.438 e. The standard InChI is InChI=1S/C29H30N4O/c1-20-24(18-30)27-29(34-25(31-27)15-14-21-10-6-4-7-11-21)28(26(20)22-12-8-5-9-13-22)33-17-16-23(19-33)32(2)3/h4-13,23H,14-17,19H2,1-3H3/t23-/m0/s1. The highest BCUT2D eigenvalue weighted by molar-refractivity contribution is 6.02. The Morgan fingerprint density at radius 3 is 2.41 bits per heavy atom. The van der Waals surface area contributed by atoms with E-state index >= 15 is 0 Å². The molecule has 1 aromatic heterocycles. The Balaban J connectivity index is 1.67. The molecule has 0 spiro atoms. The molecule has 1 aliphatic heterocycles. The summed E-state index contributed by atoms with van der Waals surface area (Å²) in [5.74, 6) is 0.685. The van der Waals surface area contributed by atoms with Gasteiger partial charge in [-0.05, 0) is 50.6 Å². The second-order valence-corrected chi connectivity index (χ2v) is 9.32. The molecule has 0 bridgehead atoms. The van der Waals surface area contributed by atoms with Gasteiger partial charge in [0.2, 0.25) is 0 Å². The van der Waals surface area contributed by atoms with E-state index in [-0.39, 0.29) is 0 Å². The van der Waals surface area contributed by atoms with E-state index < -0.39 is 0 Å². The van der Waals surface area contributed by atoms with Crippen LogP contribution in [0.2, 0.25) is 0 Å². The van der Waals surface area contributed by atoms with Crippen LogP contribution in [0.5, 0.6) is 0 Å². The number of benzene rings is 3. The number of aromatic nitrogens is 1. The lowest BCUT2D eigenvalue weighted by atomic mass is 9.93. The van der Waals surface area contributed by atoms with Gasteiger partial charge in [-0.15, -0.1) is 0 Å². The zero-order chi connectivity index (χ0) is 23.7. The Morgan fingerprint density at radius 1 is 1.06 bits per heavy atom. The van der Waals surface area contributed by atoms with Gasteiger partial charge in [0.25, 0.3) is 0 Å². The first kappa shape index (κ1) is 22.2. The van der Waals surface area contributed by atoms with Crippen LogP contribution in [0.3, 0.4) is 0 Å². The van der Waals surface area contributed by atoms with Crippen LogP contribution in [0.25, 0.3) is 22.2 Å². The lowest BCUT2D eigenvalue weighted by molar-refractivity contribution is 0.315. The fraction of sp³-hybridized carbons (Fsp3) is 0.310. The van der Waals surface area contributed by atoms with E-state index in [1.807, 2.05) is 31.2 Å². The number of fused-ring (bicyclic) bond motifs is 1. The molecule has 1 aliphatic rings. The molecule has 1 fully saturated rings. The molecule has 5 heteroatoms. The average Bonchev–Trinajstić information content (AvgIpc) is 3.51. The number of anilines is 1. The molecule has 4 aromatic rings. The van der Waals surface area contributed by atoms with Gasteiger partial charge in [-0.2, -0.15) is 5.26 Å². The second-order valence-electron chi connectivity index (χ2n) is 9.32. The minimum absolute atomic E-state index is 0.482. The first-order valence-electron chi connectivity index (χ1n) is 11.9. The summed E-state index contributed by atoms with van der Waals surface area (Å²) >= 11 is 0. The van der Waals surface area contributed by atoms with Crippen molar-refractivity contribution in [2.75, 3.05) is 32.1 Å². The lowest BCUT2D eigenvalue weighted by Crippen LogP contribution is -2.31. The zero-order valence-electron chi connectivity index (χ0n) is 20.1. The number of oxazole rings is 1. The number of nitriles is 1. The van der Waals surface area contributed by atoms with Crippen molar-refractivity contribution in [3.8, 4) is 17.2 Å². The molecule has 0 unspecified atom stereocenters. The summed E-state index contributed by atoms with van der Waals surface area (Å²) in [4.78, 5) is 9.57. The van der Waals surface area contributed by atoms with Crippen molar-refractivity contribution in [3.63, 3.8) is 0 Å². The van der Waals surface area contributed by atoms with Crippen LogP contribution in [0, 0.1) is 18.3 Å². The SMILES string of the molecule is Cc1c(-c2ccccc2)c(N2CC[C@H](N(C)C)C2)c2oc(CCc3ccccc3)nc2c1C#N. The third-order valence-electron chi connectivity index (χ3n) is 6.96. The molecule has 2 heterocycles. The molecule has 3 aromatic carbocycles. The summed E-state index contributed by atoms with van der Waals surface area (Å²) in [6.45, 7) is 3.91. The maximum absolute atomic E-state index is 10.1. The molecule has 34 heavy (non-hydrogen) atoms. The van der Waals surface area contributed by atoms with Gasteiger partial charge in [-0.1, -0.05) is 60.7 Å².